The van der Waals surface area contributed by atoms with E-state index in [0.29, 0.717) is 49.8 Å². The van der Waals surface area contributed by atoms with Gasteiger partial charge in [-0.15, -0.1) is 0 Å². The molecule has 142 valence electrons. The first-order valence-corrected chi connectivity index (χ1v) is 9.86. The van der Waals surface area contributed by atoms with Crippen LogP contribution in [-0.2, 0) is 9.59 Å². The number of ether oxygens (including phenoxy) is 1. The Morgan fingerprint density at radius 3 is 2.56 bits per heavy atom. The Balaban J connectivity index is 1.31. The van der Waals surface area contributed by atoms with E-state index in [4.69, 9.17) is 4.74 Å². The van der Waals surface area contributed by atoms with Crippen molar-refractivity contribution in [3.05, 3.63) is 29.8 Å². The number of Topliss-reactive ketones (excluding diaryl/α,β-unsaturated/α-hetero) is 1. The van der Waals surface area contributed by atoms with Crippen LogP contribution in [0.4, 0.5) is 0 Å². The number of benzene rings is 1. The van der Waals surface area contributed by atoms with Gasteiger partial charge in [-0.1, -0.05) is 12.1 Å². The summed E-state index contributed by atoms with van der Waals surface area (Å²) in [6.45, 7) is 3.99. The molecule has 1 saturated heterocycles. The molecule has 1 aromatic rings. The summed E-state index contributed by atoms with van der Waals surface area (Å²) in [6.07, 6.45) is 2.18. The fraction of sp³-hybridized carbons (Fsp3) is 0.571. The molecule has 27 heavy (non-hydrogen) atoms. The average molecular weight is 368 g/mol. The molecule has 5 rings (SSSR count). The molecule has 2 aliphatic carbocycles. The van der Waals surface area contributed by atoms with E-state index in [9.17, 15) is 14.4 Å². The van der Waals surface area contributed by atoms with Crippen LogP contribution in [0.1, 0.15) is 36.5 Å². The quantitative estimate of drug-likeness (QED) is 0.757. The Morgan fingerprint density at radius 1 is 1.11 bits per heavy atom. The molecule has 6 nitrogen and oxygen atoms in total. The first-order chi connectivity index (χ1) is 13.0. The fourth-order valence-electron chi connectivity index (χ4n) is 5.55. The van der Waals surface area contributed by atoms with Crippen LogP contribution in [-0.4, -0.2) is 59.2 Å². The number of para-hydroxylation sites is 1. The number of ketones is 1. The molecule has 0 N–H and O–H groups in total. The van der Waals surface area contributed by atoms with Crippen LogP contribution in [0.25, 0.3) is 0 Å². The molecular formula is C21H24N2O4. The lowest BCUT2D eigenvalue weighted by molar-refractivity contribution is -0.140. The highest BCUT2D eigenvalue weighted by molar-refractivity contribution is 6.00. The summed E-state index contributed by atoms with van der Waals surface area (Å²) in [7, 11) is 0. The van der Waals surface area contributed by atoms with Gasteiger partial charge in [0.25, 0.3) is 0 Å². The van der Waals surface area contributed by atoms with Gasteiger partial charge in [0.05, 0.1) is 12.0 Å². The zero-order chi connectivity index (χ0) is 18.8. The van der Waals surface area contributed by atoms with Crippen molar-refractivity contribution in [2.75, 3.05) is 26.2 Å². The standard InChI is InChI=1S/C21H24N2O4/c1-13(24)22-8-10-23(11-9-22)20(26)18-15-6-7-21(19(15)18)12-16(25)14-4-2-3-5-17(14)27-21/h2-5,15,18-19H,6-12H2,1H3/t15-,18+,19-,21+/m0/s1. The lowest BCUT2D eigenvalue weighted by Gasteiger charge is -2.38. The maximum atomic E-state index is 13.1. The Bertz CT molecular complexity index is 829. The number of amides is 2. The molecule has 2 saturated carbocycles. The number of carbonyl (C=O) groups excluding carboxylic acids is 3. The highest BCUT2D eigenvalue weighted by Crippen LogP contribution is 2.66. The number of piperazine rings is 1. The van der Waals surface area contributed by atoms with Gasteiger partial charge >= 0.3 is 0 Å². The number of fused-ring (bicyclic) bond motifs is 3. The van der Waals surface area contributed by atoms with E-state index in [2.05, 4.69) is 0 Å². The van der Waals surface area contributed by atoms with Crippen LogP contribution >= 0.6 is 0 Å². The molecule has 6 heteroatoms. The van der Waals surface area contributed by atoms with Crippen molar-refractivity contribution in [2.45, 2.75) is 31.8 Å². The lowest BCUT2D eigenvalue weighted by atomic mass is 9.84. The molecular weight excluding hydrogens is 344 g/mol. The van der Waals surface area contributed by atoms with Crippen LogP contribution in [0.2, 0.25) is 0 Å². The molecule has 1 spiro atoms. The molecule has 0 bridgehead atoms. The van der Waals surface area contributed by atoms with Crippen LogP contribution in [0, 0.1) is 17.8 Å². The largest absolute Gasteiger partial charge is 0.486 e. The van der Waals surface area contributed by atoms with Gasteiger partial charge in [0.1, 0.15) is 11.4 Å². The molecule has 1 aromatic carbocycles. The lowest BCUT2D eigenvalue weighted by Crippen LogP contribution is -2.51. The fourth-order valence-corrected chi connectivity index (χ4v) is 5.55. The SMILES string of the molecule is CC(=O)N1CCN(C(=O)[C@@H]2[C@@H]3CC[C@@]4(CC(=O)c5ccccc5O4)[C@@H]32)CC1. The normalized spacial score (nSPS) is 34.1. The number of rotatable bonds is 1. The summed E-state index contributed by atoms with van der Waals surface area (Å²) < 4.78 is 6.38. The summed E-state index contributed by atoms with van der Waals surface area (Å²) in [5, 5.41) is 0. The van der Waals surface area contributed by atoms with E-state index in [1.54, 1.807) is 11.8 Å². The highest BCUT2D eigenvalue weighted by atomic mass is 16.5. The van der Waals surface area contributed by atoms with Gasteiger partial charge in [-0.25, -0.2) is 0 Å². The van der Waals surface area contributed by atoms with Crippen LogP contribution in [0.5, 0.6) is 5.75 Å². The third-order valence-corrected chi connectivity index (χ3v) is 6.96. The molecule has 2 amide bonds. The predicted molar refractivity (Wildman–Crippen MR) is 97.3 cm³/mol. The highest BCUT2D eigenvalue weighted by Gasteiger charge is 2.71. The number of hydrogen-bond acceptors (Lipinski definition) is 4. The van der Waals surface area contributed by atoms with Crippen molar-refractivity contribution >= 4 is 17.6 Å². The van der Waals surface area contributed by atoms with Crippen LogP contribution in [0.15, 0.2) is 24.3 Å². The summed E-state index contributed by atoms with van der Waals surface area (Å²) in [6, 6.07) is 7.43. The van der Waals surface area contributed by atoms with Gasteiger partial charge in [-0.2, -0.15) is 0 Å². The average Bonchev–Trinajstić information content (AvgIpc) is 3.32. The minimum atomic E-state index is -0.502. The summed E-state index contributed by atoms with van der Waals surface area (Å²) in [5.41, 5.74) is 0.160. The smallest absolute Gasteiger partial charge is 0.226 e. The topological polar surface area (TPSA) is 66.9 Å². The van der Waals surface area contributed by atoms with Crippen molar-refractivity contribution in [1.29, 1.82) is 0 Å². The van der Waals surface area contributed by atoms with Crippen molar-refractivity contribution in [3.8, 4) is 5.75 Å². The van der Waals surface area contributed by atoms with E-state index in [1.807, 2.05) is 29.2 Å². The van der Waals surface area contributed by atoms with Crippen molar-refractivity contribution < 1.29 is 19.1 Å². The Labute approximate surface area is 158 Å². The molecule has 2 heterocycles. The Kier molecular flexibility index (Phi) is 3.61. The van der Waals surface area contributed by atoms with E-state index >= 15 is 0 Å². The maximum absolute atomic E-state index is 13.1. The molecule has 0 radical (unpaired) electrons. The van der Waals surface area contributed by atoms with Gasteiger partial charge in [-0.05, 0) is 30.9 Å². The van der Waals surface area contributed by atoms with Crippen molar-refractivity contribution in [3.63, 3.8) is 0 Å². The minimum Gasteiger partial charge on any atom is -0.486 e. The van der Waals surface area contributed by atoms with E-state index in [-0.39, 0.29) is 29.4 Å². The van der Waals surface area contributed by atoms with Crippen molar-refractivity contribution in [2.24, 2.45) is 17.8 Å². The van der Waals surface area contributed by atoms with Gasteiger partial charge in [0.15, 0.2) is 5.78 Å². The summed E-state index contributed by atoms with van der Waals surface area (Å²) in [5.74, 6) is 1.50. The maximum Gasteiger partial charge on any atom is 0.226 e. The molecule has 3 fully saturated rings. The van der Waals surface area contributed by atoms with Crippen LogP contribution in [0.3, 0.4) is 0 Å². The Hall–Kier alpha value is -2.37. The van der Waals surface area contributed by atoms with Gasteiger partial charge in [0, 0.05) is 44.9 Å². The molecule has 2 aliphatic heterocycles. The third kappa shape index (κ3) is 2.49. The van der Waals surface area contributed by atoms with Crippen molar-refractivity contribution in [1.82, 2.24) is 9.80 Å². The molecule has 4 atom stereocenters. The molecule has 4 aliphatic rings. The van der Waals surface area contributed by atoms with E-state index in [0.717, 1.165) is 12.8 Å². The summed E-state index contributed by atoms with van der Waals surface area (Å²) >= 11 is 0. The monoisotopic (exact) mass is 368 g/mol. The zero-order valence-electron chi connectivity index (χ0n) is 15.5. The second kappa shape index (κ2) is 5.81. The van der Waals surface area contributed by atoms with E-state index < -0.39 is 5.60 Å². The molecule has 0 unspecified atom stereocenters. The Morgan fingerprint density at radius 2 is 1.81 bits per heavy atom. The first-order valence-electron chi connectivity index (χ1n) is 9.86. The first kappa shape index (κ1) is 16.8. The van der Waals surface area contributed by atoms with E-state index in [1.165, 1.54) is 0 Å². The second-order valence-electron chi connectivity index (χ2n) is 8.35. The van der Waals surface area contributed by atoms with Gasteiger partial charge < -0.3 is 14.5 Å². The minimum absolute atomic E-state index is 0.0271. The second-order valence-corrected chi connectivity index (χ2v) is 8.35. The number of hydrogen-bond donors (Lipinski definition) is 0. The van der Waals surface area contributed by atoms with Crippen LogP contribution < -0.4 is 4.74 Å². The molecule has 0 aromatic heterocycles. The van der Waals surface area contributed by atoms with Gasteiger partial charge in [-0.3, -0.25) is 14.4 Å². The predicted octanol–water partition coefficient (Wildman–Crippen LogP) is 1.74. The third-order valence-electron chi connectivity index (χ3n) is 6.96. The number of carbonyl (C=O) groups is 3. The number of nitrogens with zero attached hydrogens (tertiary/aromatic N) is 2. The summed E-state index contributed by atoms with van der Waals surface area (Å²) in [4.78, 5) is 40.9. The van der Waals surface area contributed by atoms with Gasteiger partial charge in [0.2, 0.25) is 11.8 Å². The zero-order valence-corrected chi connectivity index (χ0v) is 15.5.